The number of fused-ring (bicyclic) bond motifs is 11. The number of aromatic nitrogens is 4. The Balaban J connectivity index is 1.78. The van der Waals surface area contributed by atoms with Crippen LogP contribution in [-0.4, -0.2) is 50.4 Å². The van der Waals surface area contributed by atoms with E-state index in [0.717, 1.165) is 72.4 Å². The summed E-state index contributed by atoms with van der Waals surface area (Å²) >= 11 is 0. The lowest BCUT2D eigenvalue weighted by Crippen LogP contribution is -2.41. The quantitative estimate of drug-likeness (QED) is 0.190. The normalized spacial score (nSPS) is 17.9. The molecule has 53 heavy (non-hydrogen) atoms. The fourth-order valence-electron chi connectivity index (χ4n) is 8.13. The number of allylic oxidation sites excluding steroid dienone is 6. The van der Waals surface area contributed by atoms with Crippen LogP contribution in [0.1, 0.15) is 112 Å². The molecule has 3 aliphatic rings. The van der Waals surface area contributed by atoms with Crippen molar-refractivity contribution in [2.24, 2.45) is 5.92 Å². The van der Waals surface area contributed by atoms with Gasteiger partial charge in [-0.2, -0.15) is 0 Å². The summed E-state index contributed by atoms with van der Waals surface area (Å²) in [6.07, 6.45) is 7.65. The van der Waals surface area contributed by atoms with Gasteiger partial charge in [0.25, 0.3) is 0 Å². The van der Waals surface area contributed by atoms with Gasteiger partial charge < -0.3 is 19.5 Å². The second kappa shape index (κ2) is 14.5. The topological polar surface area (TPSA) is 135 Å². The number of aryl methyl sites for hydroxylation is 3. The first kappa shape index (κ1) is 37.3. The van der Waals surface area contributed by atoms with E-state index < -0.39 is 11.3 Å². The van der Waals surface area contributed by atoms with Crippen molar-refractivity contribution in [2.75, 3.05) is 7.11 Å². The molecule has 5 heterocycles. The number of H-pyrrole nitrogens is 2. The Morgan fingerprint density at radius 2 is 1.53 bits per heavy atom. The number of ketones is 3. The van der Waals surface area contributed by atoms with E-state index in [-0.39, 0.29) is 42.6 Å². The fraction of sp³-hybridized carbons (Fsp3) is 0.364. The number of carbonyl (C=O) groups is 4. The van der Waals surface area contributed by atoms with E-state index in [2.05, 4.69) is 16.5 Å². The molecule has 0 fully saturated rings. The molecule has 3 aromatic rings. The van der Waals surface area contributed by atoms with Crippen molar-refractivity contribution in [3.05, 3.63) is 93.6 Å². The van der Waals surface area contributed by atoms with Gasteiger partial charge in [-0.15, -0.1) is 0 Å². The number of methoxy groups -OCH3 is 1. The maximum atomic E-state index is 14.0. The highest BCUT2D eigenvalue weighted by molar-refractivity contribution is 6.06. The molecule has 2 N–H and O–H groups in total. The van der Waals surface area contributed by atoms with Crippen molar-refractivity contribution in [3.63, 3.8) is 0 Å². The van der Waals surface area contributed by atoms with Crippen LogP contribution in [0.25, 0.3) is 44.9 Å². The predicted molar refractivity (Wildman–Crippen MR) is 211 cm³/mol. The van der Waals surface area contributed by atoms with E-state index in [0.29, 0.717) is 36.2 Å². The molecule has 2 unspecified atom stereocenters. The van der Waals surface area contributed by atoms with Crippen molar-refractivity contribution >= 4 is 68.2 Å². The van der Waals surface area contributed by atoms with Gasteiger partial charge in [-0.1, -0.05) is 38.7 Å². The van der Waals surface area contributed by atoms with Crippen LogP contribution in [-0.2, 0) is 35.8 Å². The van der Waals surface area contributed by atoms with E-state index in [1.165, 1.54) is 7.11 Å². The fourth-order valence-corrected chi connectivity index (χ4v) is 8.13. The largest absolute Gasteiger partial charge is 0.469 e. The van der Waals surface area contributed by atoms with E-state index in [9.17, 15) is 19.2 Å². The van der Waals surface area contributed by atoms with E-state index in [1.54, 1.807) is 6.92 Å². The predicted octanol–water partition coefficient (Wildman–Crippen LogP) is 8.84. The molecule has 0 saturated carbocycles. The monoisotopic (exact) mass is 712 g/mol. The zero-order valence-corrected chi connectivity index (χ0v) is 32.0. The molecule has 0 amide bonds. The number of rotatable bonds is 11. The lowest BCUT2D eigenvalue weighted by atomic mass is 9.61. The average molecular weight is 713 g/mol. The number of nitrogens with zero attached hydrogens (tertiary/aromatic N) is 2. The number of ether oxygens (including phenoxy) is 1. The van der Waals surface area contributed by atoms with Crippen LogP contribution in [0.5, 0.6) is 0 Å². The minimum Gasteiger partial charge on any atom is -0.469 e. The summed E-state index contributed by atoms with van der Waals surface area (Å²) in [5, 5.41) is 0. The van der Waals surface area contributed by atoms with Crippen molar-refractivity contribution < 1.29 is 23.9 Å². The van der Waals surface area contributed by atoms with Crippen LogP contribution in [0.2, 0.25) is 0 Å². The van der Waals surface area contributed by atoms with E-state index in [1.807, 2.05) is 84.0 Å². The number of Topliss-reactive ketones (excluding diaryl/α,β-unsaturated/α-hetero) is 3. The molecular formula is C44H48N4O5. The molecule has 8 bridgehead atoms. The van der Waals surface area contributed by atoms with Gasteiger partial charge in [-0.3, -0.25) is 19.4 Å². The van der Waals surface area contributed by atoms with Gasteiger partial charge in [0.2, 0.25) is 0 Å². The molecular weight excluding hydrogens is 665 g/mol. The van der Waals surface area contributed by atoms with Gasteiger partial charge in [-0.05, 0) is 105 Å². The molecule has 9 heteroatoms. The minimum atomic E-state index is -0.940. The molecule has 6 rings (SSSR count). The molecule has 274 valence electrons. The lowest BCUT2D eigenvalue weighted by molar-refractivity contribution is -0.140. The highest BCUT2D eigenvalue weighted by Gasteiger charge is 2.51. The third-order valence-corrected chi connectivity index (χ3v) is 11.3. The minimum absolute atomic E-state index is 0.0245. The van der Waals surface area contributed by atoms with Crippen molar-refractivity contribution in [3.8, 4) is 0 Å². The Bertz CT molecular complexity index is 2360. The number of esters is 1. The number of aromatic amines is 2. The van der Waals surface area contributed by atoms with Crippen molar-refractivity contribution in [1.29, 1.82) is 0 Å². The summed E-state index contributed by atoms with van der Waals surface area (Å²) < 4.78 is 5.01. The lowest BCUT2D eigenvalue weighted by Gasteiger charge is -2.38. The van der Waals surface area contributed by atoms with Gasteiger partial charge in [0.15, 0.2) is 5.78 Å². The van der Waals surface area contributed by atoms with Crippen LogP contribution in [0.4, 0.5) is 0 Å². The van der Waals surface area contributed by atoms with Crippen molar-refractivity contribution in [2.45, 2.75) is 92.4 Å². The Morgan fingerprint density at radius 3 is 2.19 bits per heavy atom. The molecule has 2 atom stereocenters. The Hall–Kier alpha value is -5.44. The molecule has 2 aliphatic heterocycles. The Kier molecular flexibility index (Phi) is 10.2. The second-order valence-corrected chi connectivity index (χ2v) is 14.4. The Labute approximate surface area is 310 Å². The first-order chi connectivity index (χ1) is 25.3. The summed E-state index contributed by atoms with van der Waals surface area (Å²) in [4.78, 5) is 69.6. The molecule has 9 nitrogen and oxygen atoms in total. The van der Waals surface area contributed by atoms with Gasteiger partial charge in [0.05, 0.1) is 41.2 Å². The summed E-state index contributed by atoms with van der Waals surface area (Å²) in [6, 6.07) is 8.03. The van der Waals surface area contributed by atoms with E-state index >= 15 is 0 Å². The second-order valence-electron chi connectivity index (χ2n) is 14.4. The van der Waals surface area contributed by atoms with Crippen LogP contribution in [0, 0.1) is 19.8 Å². The smallest absolute Gasteiger partial charge is 0.305 e. The molecule has 0 radical (unpaired) electrons. The molecule has 0 saturated heterocycles. The van der Waals surface area contributed by atoms with Crippen LogP contribution >= 0.6 is 0 Å². The highest BCUT2D eigenvalue weighted by Crippen LogP contribution is 2.52. The summed E-state index contributed by atoms with van der Waals surface area (Å²) in [5.41, 5.74) is 12.3. The average Bonchev–Trinajstić information content (AvgIpc) is 3.79. The number of carbonyl (C=O) groups excluding carboxylic acids is 4. The van der Waals surface area contributed by atoms with E-state index in [4.69, 9.17) is 14.7 Å². The first-order valence-corrected chi connectivity index (χ1v) is 18.4. The third-order valence-electron chi connectivity index (χ3n) is 11.3. The number of nitrogens with one attached hydrogen (secondary N) is 2. The molecule has 3 aromatic heterocycles. The highest BCUT2D eigenvalue weighted by atomic mass is 16.5. The maximum Gasteiger partial charge on any atom is 0.305 e. The van der Waals surface area contributed by atoms with Gasteiger partial charge in [-0.25, -0.2) is 4.98 Å². The Morgan fingerprint density at radius 1 is 0.849 bits per heavy atom. The SMILES string of the molecule is C=Cc1c(C)c2cc3nc(cc4[nH]c(cc5nc(cc1[nH]2)C(C)=C5CCC(C)=O)c(CCC(=O)OC)c4C)C1(C)C3=CC=C(C(=O)CC)C1C(=O)CC. The van der Waals surface area contributed by atoms with Crippen molar-refractivity contribution in [1.82, 2.24) is 19.9 Å². The molecule has 0 aromatic carbocycles. The zero-order chi connectivity index (χ0) is 38.4. The molecule has 1 aliphatic carbocycles. The van der Waals surface area contributed by atoms with Gasteiger partial charge in [0, 0.05) is 58.9 Å². The third kappa shape index (κ3) is 6.47. The van der Waals surface area contributed by atoms with Gasteiger partial charge >= 0.3 is 5.97 Å². The summed E-state index contributed by atoms with van der Waals surface area (Å²) in [6.45, 7) is 17.5. The first-order valence-electron chi connectivity index (χ1n) is 18.4. The van der Waals surface area contributed by atoms with Crippen LogP contribution in [0.3, 0.4) is 0 Å². The zero-order valence-electron chi connectivity index (χ0n) is 32.0. The van der Waals surface area contributed by atoms with Crippen LogP contribution in [0.15, 0.2) is 48.6 Å². The number of hydrogen-bond donors (Lipinski definition) is 2. The summed E-state index contributed by atoms with van der Waals surface area (Å²) in [5.74, 6) is -1.03. The molecule has 0 spiro atoms. The summed E-state index contributed by atoms with van der Waals surface area (Å²) in [7, 11) is 1.38. The maximum absolute atomic E-state index is 14.0. The number of hydrogen-bond acceptors (Lipinski definition) is 7. The van der Waals surface area contributed by atoms with Crippen LogP contribution < -0.4 is 0 Å². The standard InChI is InChI=1S/C44H48N4O5/c1-10-27-24(5)33-20-38-31-17-15-30(39(50)11-2)43(40(51)12-3)44(31,8)41(48-38)22-34-26(7)29(16-18-42(52)53-9)37(47-34)21-36-28(14-13-23(4)49)25(6)32(46-36)19-35(27)45-33/h10,15,17,19-22,43,45,47H,1,11-14,16,18H2,2-9H3. The van der Waals surface area contributed by atoms with Gasteiger partial charge in [0.1, 0.15) is 11.6 Å².